The number of ether oxygens (including phenoxy) is 2. The lowest BCUT2D eigenvalue weighted by Crippen LogP contribution is -2.27. The Labute approximate surface area is 193 Å². The molecule has 0 radical (unpaired) electrons. The highest BCUT2D eigenvalue weighted by molar-refractivity contribution is 7.91. The lowest BCUT2D eigenvalue weighted by molar-refractivity contribution is -0.157. The Balaban J connectivity index is 2.00. The maximum absolute atomic E-state index is 12.6. The minimum atomic E-state index is -3.37. The minimum absolute atomic E-state index is 0.0910. The van der Waals surface area contributed by atoms with Gasteiger partial charge in [-0.05, 0) is 80.1 Å². The molecule has 0 aliphatic carbocycles. The van der Waals surface area contributed by atoms with Crippen LogP contribution in [0.25, 0.3) is 21.6 Å². The normalized spacial score (nSPS) is 11.9. The van der Waals surface area contributed by atoms with Crippen LogP contribution in [-0.2, 0) is 19.4 Å². The Hall–Kier alpha value is -2.64. The van der Waals surface area contributed by atoms with Gasteiger partial charge in [0.25, 0.3) is 0 Å². The van der Waals surface area contributed by atoms with Gasteiger partial charge in [-0.15, -0.1) is 11.3 Å². The first-order chi connectivity index (χ1) is 15.1. The standard InChI is InChI=1S/C25H28O5S2/c1-5-14-32(27,28)20-9-6-8-18(15-20)21-16-19(23-10-7-13-31-23)11-12-22(21)29-17-24(26)30-25(2,3)4/h6-13,15-16H,5,14,17H2,1-4H3. The summed E-state index contributed by atoms with van der Waals surface area (Å²) < 4.78 is 36.4. The summed E-state index contributed by atoms with van der Waals surface area (Å²) in [6, 6.07) is 16.5. The van der Waals surface area contributed by atoms with E-state index in [1.165, 1.54) is 0 Å². The van der Waals surface area contributed by atoms with Gasteiger partial charge in [-0.3, -0.25) is 0 Å². The zero-order chi connectivity index (χ0) is 23.4. The van der Waals surface area contributed by atoms with Gasteiger partial charge in [0.1, 0.15) is 11.4 Å². The molecule has 7 heteroatoms. The maximum atomic E-state index is 12.6. The lowest BCUT2D eigenvalue weighted by Gasteiger charge is -2.20. The summed E-state index contributed by atoms with van der Waals surface area (Å²) in [5.74, 6) is 0.111. The van der Waals surface area contributed by atoms with Gasteiger partial charge in [0.05, 0.1) is 10.6 Å². The summed E-state index contributed by atoms with van der Waals surface area (Å²) >= 11 is 1.61. The van der Waals surface area contributed by atoms with Crippen LogP contribution in [0.15, 0.2) is 64.9 Å². The van der Waals surface area contributed by atoms with Gasteiger partial charge in [0.2, 0.25) is 0 Å². The van der Waals surface area contributed by atoms with Gasteiger partial charge in [-0.1, -0.05) is 25.1 Å². The van der Waals surface area contributed by atoms with Crippen LogP contribution in [0.2, 0.25) is 0 Å². The van der Waals surface area contributed by atoms with Crippen molar-refractivity contribution >= 4 is 27.1 Å². The van der Waals surface area contributed by atoms with E-state index < -0.39 is 21.4 Å². The van der Waals surface area contributed by atoms with Crippen molar-refractivity contribution in [2.75, 3.05) is 12.4 Å². The number of hydrogen-bond donors (Lipinski definition) is 0. The number of hydrogen-bond acceptors (Lipinski definition) is 6. The average Bonchev–Trinajstić information content (AvgIpc) is 3.26. The Morgan fingerprint density at radius 3 is 2.44 bits per heavy atom. The molecule has 1 heterocycles. The van der Waals surface area contributed by atoms with Crippen molar-refractivity contribution in [1.29, 1.82) is 0 Å². The van der Waals surface area contributed by atoms with Crippen molar-refractivity contribution in [1.82, 2.24) is 0 Å². The van der Waals surface area contributed by atoms with Gasteiger partial charge in [-0.25, -0.2) is 13.2 Å². The summed E-state index contributed by atoms with van der Waals surface area (Å²) in [5, 5.41) is 2.00. The predicted molar refractivity (Wildman–Crippen MR) is 129 cm³/mol. The van der Waals surface area contributed by atoms with Crippen LogP contribution >= 0.6 is 11.3 Å². The van der Waals surface area contributed by atoms with Crippen LogP contribution in [-0.4, -0.2) is 32.3 Å². The Morgan fingerprint density at radius 2 is 1.78 bits per heavy atom. The zero-order valence-corrected chi connectivity index (χ0v) is 20.4. The van der Waals surface area contributed by atoms with Gasteiger partial charge in [-0.2, -0.15) is 0 Å². The van der Waals surface area contributed by atoms with E-state index >= 15 is 0 Å². The summed E-state index contributed by atoms with van der Waals surface area (Å²) in [4.78, 5) is 13.5. The number of esters is 1. The van der Waals surface area contributed by atoms with Crippen LogP contribution < -0.4 is 4.74 Å². The number of benzene rings is 2. The summed E-state index contributed by atoms with van der Waals surface area (Å²) in [7, 11) is -3.37. The van der Waals surface area contributed by atoms with Crippen molar-refractivity contribution < 1.29 is 22.7 Å². The van der Waals surface area contributed by atoms with E-state index in [1.54, 1.807) is 50.3 Å². The molecular formula is C25H28O5S2. The molecule has 0 amide bonds. The van der Waals surface area contributed by atoms with Crippen molar-refractivity contribution in [3.8, 4) is 27.3 Å². The smallest absolute Gasteiger partial charge is 0.344 e. The predicted octanol–water partition coefficient (Wildman–Crippen LogP) is 5.99. The van der Waals surface area contributed by atoms with E-state index in [2.05, 4.69) is 0 Å². The molecule has 0 atom stereocenters. The molecule has 1 aromatic heterocycles. The van der Waals surface area contributed by atoms with Crippen molar-refractivity contribution in [2.45, 2.75) is 44.6 Å². The minimum Gasteiger partial charge on any atom is -0.481 e. The largest absolute Gasteiger partial charge is 0.481 e. The first kappa shape index (κ1) is 24.0. The Morgan fingerprint density at radius 1 is 1.00 bits per heavy atom. The molecule has 0 saturated heterocycles. The van der Waals surface area contributed by atoms with Gasteiger partial charge in [0.15, 0.2) is 16.4 Å². The molecule has 0 fully saturated rings. The van der Waals surface area contributed by atoms with Crippen molar-refractivity contribution in [2.24, 2.45) is 0 Å². The fraction of sp³-hybridized carbons (Fsp3) is 0.320. The molecule has 0 saturated carbocycles. The summed E-state index contributed by atoms with van der Waals surface area (Å²) in [6.45, 7) is 7.00. The van der Waals surface area contributed by atoms with Crippen molar-refractivity contribution in [3.63, 3.8) is 0 Å². The van der Waals surface area contributed by atoms with Crippen LogP contribution in [0.5, 0.6) is 5.75 Å². The van der Waals surface area contributed by atoms with Gasteiger partial charge in [0, 0.05) is 10.4 Å². The molecule has 3 aromatic rings. The number of sulfone groups is 1. The molecule has 0 spiro atoms. The van der Waals surface area contributed by atoms with Crippen LogP contribution in [0, 0.1) is 0 Å². The molecule has 2 aromatic carbocycles. The molecule has 0 aliphatic rings. The second-order valence-corrected chi connectivity index (χ2v) is 11.5. The second-order valence-electron chi connectivity index (χ2n) is 8.41. The van der Waals surface area contributed by atoms with Gasteiger partial charge >= 0.3 is 5.97 Å². The van der Waals surface area contributed by atoms with E-state index in [4.69, 9.17) is 9.47 Å². The molecular weight excluding hydrogens is 444 g/mol. The highest BCUT2D eigenvalue weighted by atomic mass is 32.2. The Bertz CT molecular complexity index is 1170. The number of thiophene rings is 1. The third-order valence-corrected chi connectivity index (χ3v) is 7.36. The third-order valence-electron chi connectivity index (χ3n) is 4.53. The SMILES string of the molecule is CCCS(=O)(=O)c1cccc(-c2cc(-c3cccs3)ccc2OCC(=O)OC(C)(C)C)c1. The molecule has 3 rings (SSSR count). The molecule has 170 valence electrons. The average molecular weight is 473 g/mol. The molecule has 0 bridgehead atoms. The van der Waals surface area contributed by atoms with E-state index in [0.29, 0.717) is 23.3 Å². The third kappa shape index (κ3) is 6.20. The molecule has 5 nitrogen and oxygen atoms in total. The van der Waals surface area contributed by atoms with E-state index in [1.807, 2.05) is 48.7 Å². The highest BCUT2D eigenvalue weighted by Crippen LogP contribution is 2.36. The van der Waals surface area contributed by atoms with Gasteiger partial charge < -0.3 is 9.47 Å². The number of carbonyl (C=O) groups is 1. The maximum Gasteiger partial charge on any atom is 0.344 e. The second kappa shape index (κ2) is 9.88. The van der Waals surface area contributed by atoms with E-state index in [9.17, 15) is 13.2 Å². The number of carbonyl (C=O) groups excluding carboxylic acids is 1. The van der Waals surface area contributed by atoms with Crippen LogP contribution in [0.4, 0.5) is 0 Å². The fourth-order valence-electron chi connectivity index (χ4n) is 3.23. The monoisotopic (exact) mass is 472 g/mol. The summed E-state index contributed by atoms with van der Waals surface area (Å²) in [5.41, 5.74) is 1.81. The van der Waals surface area contributed by atoms with Crippen molar-refractivity contribution in [3.05, 3.63) is 60.0 Å². The van der Waals surface area contributed by atoms with E-state index in [-0.39, 0.29) is 17.3 Å². The zero-order valence-electron chi connectivity index (χ0n) is 18.8. The fourth-order valence-corrected chi connectivity index (χ4v) is 5.32. The molecule has 0 N–H and O–H groups in total. The number of rotatable bonds is 8. The van der Waals surface area contributed by atoms with Crippen LogP contribution in [0.3, 0.4) is 0 Å². The molecule has 32 heavy (non-hydrogen) atoms. The highest BCUT2D eigenvalue weighted by Gasteiger charge is 2.19. The first-order valence-corrected chi connectivity index (χ1v) is 13.0. The first-order valence-electron chi connectivity index (χ1n) is 10.4. The Kier molecular flexibility index (Phi) is 7.41. The molecule has 0 aliphatic heterocycles. The molecule has 0 unspecified atom stereocenters. The topological polar surface area (TPSA) is 69.7 Å². The lowest BCUT2D eigenvalue weighted by atomic mass is 10.0. The van der Waals surface area contributed by atoms with Crippen LogP contribution in [0.1, 0.15) is 34.1 Å². The quantitative estimate of drug-likeness (QED) is 0.377. The summed E-state index contributed by atoms with van der Waals surface area (Å²) in [6.07, 6.45) is 0.546. The van der Waals surface area contributed by atoms with E-state index in [0.717, 1.165) is 10.4 Å².